The Morgan fingerprint density at radius 3 is 2.70 bits per heavy atom. The van der Waals surface area contributed by atoms with Gasteiger partial charge in [0, 0.05) is 23.7 Å². The van der Waals surface area contributed by atoms with Crippen molar-refractivity contribution in [1.29, 1.82) is 0 Å². The first-order chi connectivity index (χ1) is 9.29. The third-order valence-corrected chi connectivity index (χ3v) is 4.49. The molecule has 0 saturated carbocycles. The molecule has 1 fully saturated rings. The van der Waals surface area contributed by atoms with E-state index in [-0.39, 0.29) is 29.8 Å². The zero-order chi connectivity index (χ0) is 14.9. The van der Waals surface area contributed by atoms with E-state index in [1.807, 2.05) is 4.90 Å². The Kier molecular flexibility index (Phi) is 4.22. The maximum Gasteiger partial charge on any atom is 0.266 e. The smallest absolute Gasteiger partial charge is 0.266 e. The molecule has 1 heterocycles. The van der Waals surface area contributed by atoms with Gasteiger partial charge in [0.15, 0.2) is 0 Å². The van der Waals surface area contributed by atoms with Crippen LogP contribution in [0.2, 0.25) is 0 Å². The first-order valence-electron chi connectivity index (χ1n) is 6.50. The van der Waals surface area contributed by atoms with Crippen LogP contribution in [0.1, 0.15) is 30.0 Å². The van der Waals surface area contributed by atoms with Crippen LogP contribution in [0.5, 0.6) is 11.5 Å². The maximum absolute atomic E-state index is 10.8. The van der Waals surface area contributed by atoms with Crippen molar-refractivity contribution in [3.8, 4) is 11.5 Å². The molecule has 0 radical (unpaired) electrons. The molecular weight excluding hydrogens is 282 g/mol. The Morgan fingerprint density at radius 1 is 1.35 bits per heavy atom. The van der Waals surface area contributed by atoms with Gasteiger partial charge in [0.25, 0.3) is 10.1 Å². The predicted molar refractivity (Wildman–Crippen MR) is 74.5 cm³/mol. The molecule has 0 aliphatic carbocycles. The van der Waals surface area contributed by atoms with Crippen molar-refractivity contribution < 1.29 is 23.2 Å². The third-order valence-electron chi connectivity index (χ3n) is 3.79. The highest BCUT2D eigenvalue weighted by Crippen LogP contribution is 2.40. The molecule has 0 bridgehead atoms. The van der Waals surface area contributed by atoms with Crippen LogP contribution < -0.4 is 0 Å². The van der Waals surface area contributed by atoms with Gasteiger partial charge in [-0.3, -0.25) is 9.45 Å². The molecule has 1 aromatic rings. The van der Waals surface area contributed by atoms with Gasteiger partial charge in [-0.2, -0.15) is 8.42 Å². The number of benzene rings is 1. The summed E-state index contributed by atoms with van der Waals surface area (Å²) in [5.74, 6) is -0.232. The largest absolute Gasteiger partial charge is 0.508 e. The Bertz CT molecular complexity index is 599. The summed E-state index contributed by atoms with van der Waals surface area (Å²) in [7, 11) is -3.99. The van der Waals surface area contributed by atoms with E-state index in [9.17, 15) is 18.6 Å². The quantitative estimate of drug-likeness (QED) is 0.728. The van der Waals surface area contributed by atoms with Gasteiger partial charge < -0.3 is 10.2 Å². The first-order valence-corrected chi connectivity index (χ1v) is 8.11. The van der Waals surface area contributed by atoms with Crippen molar-refractivity contribution in [2.45, 2.75) is 25.8 Å². The Balaban J connectivity index is 2.21. The lowest BCUT2D eigenvalue weighted by Crippen LogP contribution is -2.29. The van der Waals surface area contributed by atoms with Crippen LogP contribution in [0.3, 0.4) is 0 Å². The van der Waals surface area contributed by atoms with Gasteiger partial charge in [0.2, 0.25) is 0 Å². The highest BCUT2D eigenvalue weighted by molar-refractivity contribution is 7.85. The second-order valence-electron chi connectivity index (χ2n) is 5.13. The molecule has 1 atom stereocenters. The molecule has 0 aromatic heterocycles. The molecule has 1 aliphatic heterocycles. The van der Waals surface area contributed by atoms with Crippen LogP contribution in [0.4, 0.5) is 0 Å². The summed E-state index contributed by atoms with van der Waals surface area (Å²) < 4.78 is 30.5. The predicted octanol–water partition coefficient (Wildman–Crippen LogP) is 1.43. The maximum atomic E-state index is 10.8. The number of phenols is 2. The van der Waals surface area contributed by atoms with Crippen molar-refractivity contribution in [3.63, 3.8) is 0 Å². The summed E-state index contributed by atoms with van der Waals surface area (Å²) in [6, 6.07) is 3.11. The molecule has 112 valence electrons. The van der Waals surface area contributed by atoms with Gasteiger partial charge in [-0.25, -0.2) is 0 Å². The minimum atomic E-state index is -3.99. The standard InChI is InChI=1S/C13H19NO5S/c1-9-12(15)5-4-10(13(9)16)11-3-2-6-14(11)7-8-20(17,18)19/h4-5,11,15-16H,2-3,6-8H2,1H3,(H,17,18,19). The second kappa shape index (κ2) is 5.59. The number of phenolic OH excluding ortho intramolecular Hbond substituents is 2. The van der Waals surface area contributed by atoms with Crippen molar-refractivity contribution in [2.75, 3.05) is 18.8 Å². The topological polar surface area (TPSA) is 98.1 Å². The molecule has 20 heavy (non-hydrogen) atoms. The van der Waals surface area contributed by atoms with Crippen molar-refractivity contribution in [3.05, 3.63) is 23.3 Å². The average Bonchev–Trinajstić information content (AvgIpc) is 2.81. The lowest BCUT2D eigenvalue weighted by molar-refractivity contribution is 0.264. The lowest BCUT2D eigenvalue weighted by atomic mass is 10.00. The minimum Gasteiger partial charge on any atom is -0.508 e. The number of nitrogens with zero attached hydrogens (tertiary/aromatic N) is 1. The fraction of sp³-hybridized carbons (Fsp3) is 0.538. The van der Waals surface area contributed by atoms with E-state index in [1.165, 1.54) is 6.07 Å². The van der Waals surface area contributed by atoms with Gasteiger partial charge >= 0.3 is 0 Å². The number of hydrogen-bond acceptors (Lipinski definition) is 5. The van der Waals surface area contributed by atoms with Gasteiger partial charge in [-0.1, -0.05) is 6.07 Å². The highest BCUT2D eigenvalue weighted by atomic mass is 32.2. The Morgan fingerprint density at radius 2 is 2.05 bits per heavy atom. The zero-order valence-electron chi connectivity index (χ0n) is 11.3. The summed E-state index contributed by atoms with van der Waals surface area (Å²) >= 11 is 0. The van der Waals surface area contributed by atoms with Gasteiger partial charge in [-0.05, 0) is 32.4 Å². The first kappa shape index (κ1) is 15.1. The molecule has 0 amide bonds. The fourth-order valence-corrected chi connectivity index (χ4v) is 3.12. The molecule has 1 saturated heterocycles. The van der Waals surface area contributed by atoms with Gasteiger partial charge in [-0.15, -0.1) is 0 Å². The van der Waals surface area contributed by atoms with E-state index >= 15 is 0 Å². The summed E-state index contributed by atoms with van der Waals surface area (Å²) in [5, 5.41) is 19.7. The molecule has 1 aromatic carbocycles. The van der Waals surface area contributed by atoms with Crippen LogP contribution in [-0.2, 0) is 10.1 Å². The van der Waals surface area contributed by atoms with E-state index in [1.54, 1.807) is 13.0 Å². The van der Waals surface area contributed by atoms with E-state index in [0.29, 0.717) is 11.1 Å². The minimum absolute atomic E-state index is 0.0359. The van der Waals surface area contributed by atoms with Crippen LogP contribution in [0.15, 0.2) is 12.1 Å². The molecular formula is C13H19NO5S. The molecule has 0 spiro atoms. The van der Waals surface area contributed by atoms with E-state index in [0.717, 1.165) is 19.4 Å². The number of rotatable bonds is 4. The number of likely N-dealkylation sites (tertiary alicyclic amines) is 1. The SMILES string of the molecule is Cc1c(O)ccc(C2CCCN2CCS(=O)(=O)O)c1O. The Hall–Kier alpha value is -1.31. The van der Waals surface area contributed by atoms with Crippen molar-refractivity contribution in [2.24, 2.45) is 0 Å². The second-order valence-corrected chi connectivity index (χ2v) is 6.70. The van der Waals surface area contributed by atoms with Crippen LogP contribution in [0.25, 0.3) is 0 Å². The van der Waals surface area contributed by atoms with E-state index in [4.69, 9.17) is 4.55 Å². The number of aromatic hydroxyl groups is 2. The van der Waals surface area contributed by atoms with Crippen molar-refractivity contribution >= 4 is 10.1 Å². The van der Waals surface area contributed by atoms with E-state index < -0.39 is 10.1 Å². The van der Waals surface area contributed by atoms with Crippen LogP contribution in [0, 0.1) is 6.92 Å². The normalized spacial score (nSPS) is 20.4. The molecule has 3 N–H and O–H groups in total. The molecule has 7 heteroatoms. The molecule has 6 nitrogen and oxygen atoms in total. The van der Waals surface area contributed by atoms with Gasteiger partial charge in [0.05, 0.1) is 5.75 Å². The summed E-state index contributed by atoms with van der Waals surface area (Å²) in [6.07, 6.45) is 1.71. The Labute approximate surface area is 118 Å². The zero-order valence-corrected chi connectivity index (χ0v) is 12.1. The summed E-state index contributed by atoms with van der Waals surface area (Å²) in [6.45, 7) is 2.58. The highest BCUT2D eigenvalue weighted by Gasteiger charge is 2.29. The monoisotopic (exact) mass is 301 g/mol. The summed E-state index contributed by atoms with van der Waals surface area (Å²) in [5.41, 5.74) is 1.11. The van der Waals surface area contributed by atoms with Crippen molar-refractivity contribution in [1.82, 2.24) is 4.90 Å². The molecule has 2 rings (SSSR count). The number of hydrogen-bond donors (Lipinski definition) is 3. The van der Waals surface area contributed by atoms with Crippen LogP contribution >= 0.6 is 0 Å². The average molecular weight is 301 g/mol. The van der Waals surface area contributed by atoms with Crippen LogP contribution in [-0.4, -0.2) is 46.9 Å². The molecule has 1 aliphatic rings. The molecule has 1 unspecified atom stereocenters. The van der Waals surface area contributed by atoms with Gasteiger partial charge in [0.1, 0.15) is 11.5 Å². The van der Waals surface area contributed by atoms with E-state index in [2.05, 4.69) is 0 Å². The summed E-state index contributed by atoms with van der Waals surface area (Å²) in [4.78, 5) is 1.93. The lowest BCUT2D eigenvalue weighted by Gasteiger charge is -2.25. The fourth-order valence-electron chi connectivity index (χ4n) is 2.66. The third kappa shape index (κ3) is 3.23.